The lowest BCUT2D eigenvalue weighted by Gasteiger charge is -2.31. The Morgan fingerprint density at radius 2 is 0.526 bits per heavy atom. The van der Waals surface area contributed by atoms with Gasteiger partial charge in [-0.05, 0) is 103 Å². The normalized spacial score (nSPS) is 22.7. The lowest BCUT2D eigenvalue weighted by molar-refractivity contribution is -0.188. The van der Waals surface area contributed by atoms with Crippen LogP contribution in [0.1, 0.15) is 128 Å². The molecule has 0 atom stereocenters. The summed E-state index contributed by atoms with van der Waals surface area (Å²) < 4.78 is 23.1. The number of carbonyl (C=O) groups is 4. The Bertz CT molecular complexity index is 656. The van der Waals surface area contributed by atoms with Gasteiger partial charge in [-0.3, -0.25) is 19.2 Å². The predicted molar refractivity (Wildman–Crippen MR) is 139 cm³/mol. The minimum absolute atomic E-state index is 0.328. The Kier molecular flexibility index (Phi) is 11.3. The number of hydrogen-bond acceptors (Lipinski definition) is 8. The van der Waals surface area contributed by atoms with Gasteiger partial charge in [0, 0.05) is 0 Å². The van der Waals surface area contributed by atoms with Crippen LogP contribution >= 0.6 is 0 Å². The standard InChI is InChI=1S/C30H46O8/c31-27(35-21-13-5-1-6-14-21)25(28(32)36-22-15-7-2-8-16-22)26(29(33)37-23-17-9-3-10-18-23)30(34)38-24-19-11-4-12-20-24/h21-26H,1-20H2. The third kappa shape index (κ3) is 8.44. The van der Waals surface area contributed by atoms with Crippen molar-refractivity contribution in [2.24, 2.45) is 11.8 Å². The van der Waals surface area contributed by atoms with Crippen LogP contribution in [0.3, 0.4) is 0 Å². The molecule has 4 aliphatic rings. The summed E-state index contributed by atoms with van der Waals surface area (Å²) in [6.45, 7) is 0. The smallest absolute Gasteiger partial charge is 0.322 e. The molecule has 8 nitrogen and oxygen atoms in total. The minimum atomic E-state index is -1.72. The van der Waals surface area contributed by atoms with E-state index in [9.17, 15) is 19.2 Å². The van der Waals surface area contributed by atoms with Gasteiger partial charge in [0.25, 0.3) is 0 Å². The molecule has 4 saturated carbocycles. The molecule has 4 fully saturated rings. The molecule has 38 heavy (non-hydrogen) atoms. The van der Waals surface area contributed by atoms with Gasteiger partial charge in [0.2, 0.25) is 0 Å². The van der Waals surface area contributed by atoms with Crippen molar-refractivity contribution in [1.82, 2.24) is 0 Å². The van der Waals surface area contributed by atoms with Crippen molar-refractivity contribution in [1.29, 1.82) is 0 Å². The molecule has 0 saturated heterocycles. The van der Waals surface area contributed by atoms with Gasteiger partial charge in [-0.25, -0.2) is 0 Å². The summed E-state index contributed by atoms with van der Waals surface area (Å²) in [5, 5.41) is 0. The van der Waals surface area contributed by atoms with E-state index < -0.39 is 35.7 Å². The maximum atomic E-state index is 13.6. The second-order valence-corrected chi connectivity index (χ2v) is 11.7. The van der Waals surface area contributed by atoms with Crippen molar-refractivity contribution in [2.75, 3.05) is 0 Å². The highest BCUT2D eigenvalue weighted by atomic mass is 16.6. The van der Waals surface area contributed by atoms with Crippen LogP contribution < -0.4 is 0 Å². The van der Waals surface area contributed by atoms with Crippen LogP contribution in [0.25, 0.3) is 0 Å². The van der Waals surface area contributed by atoms with Crippen molar-refractivity contribution in [3.05, 3.63) is 0 Å². The summed E-state index contributed by atoms with van der Waals surface area (Å²) in [7, 11) is 0. The van der Waals surface area contributed by atoms with Crippen LogP contribution in [0.15, 0.2) is 0 Å². The lowest BCUT2D eigenvalue weighted by Crippen LogP contribution is -2.47. The molecule has 0 aromatic heterocycles. The highest BCUT2D eigenvalue weighted by Crippen LogP contribution is 2.31. The summed E-state index contributed by atoms with van der Waals surface area (Å²) in [6.07, 6.45) is 16.1. The van der Waals surface area contributed by atoms with Crippen LogP contribution in [-0.4, -0.2) is 48.3 Å². The maximum absolute atomic E-state index is 13.6. The number of esters is 4. The minimum Gasteiger partial charge on any atom is -0.462 e. The van der Waals surface area contributed by atoms with E-state index in [4.69, 9.17) is 18.9 Å². The highest BCUT2D eigenvalue weighted by molar-refractivity contribution is 6.07. The van der Waals surface area contributed by atoms with Crippen molar-refractivity contribution < 1.29 is 38.1 Å². The van der Waals surface area contributed by atoms with Gasteiger partial charge in [0.05, 0.1) is 0 Å². The quantitative estimate of drug-likeness (QED) is 0.210. The Balaban J connectivity index is 1.56. The Morgan fingerprint density at radius 1 is 0.342 bits per heavy atom. The molecular formula is C30H46O8. The monoisotopic (exact) mass is 534 g/mol. The van der Waals surface area contributed by atoms with E-state index in [0.29, 0.717) is 51.4 Å². The van der Waals surface area contributed by atoms with Crippen LogP contribution in [0.4, 0.5) is 0 Å². The number of carbonyl (C=O) groups excluding carboxylic acids is 4. The van der Waals surface area contributed by atoms with E-state index >= 15 is 0 Å². The van der Waals surface area contributed by atoms with Crippen LogP contribution in [0.2, 0.25) is 0 Å². The molecule has 0 bridgehead atoms. The number of hydrogen-bond donors (Lipinski definition) is 0. The average Bonchev–Trinajstić information content (AvgIpc) is 2.93. The molecule has 4 aliphatic carbocycles. The molecule has 0 N–H and O–H groups in total. The van der Waals surface area contributed by atoms with Gasteiger partial charge < -0.3 is 18.9 Å². The van der Waals surface area contributed by atoms with Crippen LogP contribution in [0.5, 0.6) is 0 Å². The molecule has 8 heteroatoms. The van der Waals surface area contributed by atoms with Crippen molar-refractivity contribution >= 4 is 23.9 Å². The lowest BCUT2D eigenvalue weighted by atomic mass is 9.90. The molecule has 0 heterocycles. The largest absolute Gasteiger partial charge is 0.462 e. The molecule has 0 unspecified atom stereocenters. The van der Waals surface area contributed by atoms with Crippen molar-refractivity contribution in [2.45, 2.75) is 153 Å². The number of ether oxygens (including phenoxy) is 4. The second-order valence-electron chi connectivity index (χ2n) is 11.7. The fourth-order valence-corrected chi connectivity index (χ4v) is 6.42. The molecule has 214 valence electrons. The number of rotatable bonds is 9. The van der Waals surface area contributed by atoms with Gasteiger partial charge in [0.1, 0.15) is 24.4 Å². The molecule has 4 rings (SSSR count). The summed E-state index contributed by atoms with van der Waals surface area (Å²) in [6, 6.07) is 0. The topological polar surface area (TPSA) is 105 Å². The van der Waals surface area contributed by atoms with E-state index in [-0.39, 0.29) is 24.4 Å². The summed E-state index contributed by atoms with van der Waals surface area (Å²) in [5.74, 6) is -6.92. The third-order valence-electron chi connectivity index (χ3n) is 8.69. The first kappa shape index (κ1) is 28.9. The first-order valence-corrected chi connectivity index (χ1v) is 15.3. The van der Waals surface area contributed by atoms with E-state index in [1.807, 2.05) is 0 Å². The average molecular weight is 535 g/mol. The summed E-state index contributed by atoms with van der Waals surface area (Å²) in [5.41, 5.74) is 0. The Morgan fingerprint density at radius 3 is 0.711 bits per heavy atom. The Hall–Kier alpha value is -2.12. The maximum Gasteiger partial charge on any atom is 0.322 e. The van der Waals surface area contributed by atoms with E-state index in [0.717, 1.165) is 77.0 Å². The van der Waals surface area contributed by atoms with Crippen molar-refractivity contribution in [3.63, 3.8) is 0 Å². The summed E-state index contributed by atoms with van der Waals surface area (Å²) in [4.78, 5) is 54.4. The zero-order chi connectivity index (χ0) is 26.7. The highest BCUT2D eigenvalue weighted by Gasteiger charge is 2.50. The molecule has 0 radical (unpaired) electrons. The zero-order valence-corrected chi connectivity index (χ0v) is 22.9. The van der Waals surface area contributed by atoms with Crippen LogP contribution in [-0.2, 0) is 38.1 Å². The first-order valence-electron chi connectivity index (χ1n) is 15.3. The molecule has 0 aromatic carbocycles. The van der Waals surface area contributed by atoms with Crippen LogP contribution in [0, 0.1) is 11.8 Å². The SMILES string of the molecule is O=C(OC1CCCCC1)C(C(=O)OC1CCCCC1)C(C(=O)OC1CCCCC1)C(=O)OC1CCCCC1. The second kappa shape index (κ2) is 14.9. The van der Waals surface area contributed by atoms with Gasteiger partial charge in [0.15, 0.2) is 11.8 Å². The van der Waals surface area contributed by atoms with Gasteiger partial charge in [-0.15, -0.1) is 0 Å². The molecule has 0 amide bonds. The fraction of sp³-hybridized carbons (Fsp3) is 0.867. The molecule has 0 spiro atoms. The predicted octanol–water partition coefficient (Wildman–Crippen LogP) is 5.72. The van der Waals surface area contributed by atoms with E-state index in [1.54, 1.807) is 0 Å². The first-order chi connectivity index (χ1) is 18.5. The molecule has 0 aromatic rings. The molecular weight excluding hydrogens is 488 g/mol. The van der Waals surface area contributed by atoms with Crippen molar-refractivity contribution in [3.8, 4) is 0 Å². The summed E-state index contributed by atoms with van der Waals surface area (Å²) >= 11 is 0. The fourth-order valence-electron chi connectivity index (χ4n) is 6.42. The van der Waals surface area contributed by atoms with Gasteiger partial charge in [-0.1, -0.05) is 25.7 Å². The van der Waals surface area contributed by atoms with Gasteiger partial charge in [-0.2, -0.15) is 0 Å². The molecule has 0 aliphatic heterocycles. The zero-order valence-electron chi connectivity index (χ0n) is 22.9. The third-order valence-corrected chi connectivity index (χ3v) is 8.69. The van der Waals surface area contributed by atoms with E-state index in [2.05, 4.69) is 0 Å². The van der Waals surface area contributed by atoms with E-state index in [1.165, 1.54) is 0 Å². The van der Waals surface area contributed by atoms with Gasteiger partial charge >= 0.3 is 23.9 Å². The Labute approximate surface area is 226 Å².